The molecule has 0 aromatic heterocycles. The van der Waals surface area contributed by atoms with Gasteiger partial charge in [-0.15, -0.1) is 0 Å². The first kappa shape index (κ1) is 23.6. The van der Waals surface area contributed by atoms with E-state index in [-0.39, 0.29) is 16.7 Å². The zero-order valence-electron chi connectivity index (χ0n) is 18.7. The van der Waals surface area contributed by atoms with Crippen molar-refractivity contribution < 1.29 is 22.7 Å². The maximum absolute atomic E-state index is 12.8. The van der Waals surface area contributed by atoms with Gasteiger partial charge in [-0.05, 0) is 61.0 Å². The molecule has 9 heteroatoms. The maximum atomic E-state index is 12.8. The Balaban J connectivity index is 1.45. The number of morpholine rings is 1. The number of nitrogens with zero attached hydrogens (tertiary/aromatic N) is 1. The predicted molar refractivity (Wildman–Crippen MR) is 130 cm³/mol. The number of aryl methyl sites for hydroxylation is 1. The second kappa shape index (κ2) is 10.2. The highest BCUT2D eigenvalue weighted by atomic mass is 32.2. The summed E-state index contributed by atoms with van der Waals surface area (Å²) in [5, 5.41) is 5.61. The molecule has 2 N–H and O–H groups in total. The molecule has 1 aliphatic heterocycles. The van der Waals surface area contributed by atoms with Crippen LogP contribution < -0.4 is 10.6 Å². The van der Waals surface area contributed by atoms with Crippen molar-refractivity contribution >= 4 is 33.2 Å². The van der Waals surface area contributed by atoms with Crippen LogP contribution in [0.3, 0.4) is 0 Å². The summed E-state index contributed by atoms with van der Waals surface area (Å²) in [6.45, 7) is 3.22. The van der Waals surface area contributed by atoms with E-state index in [4.69, 9.17) is 4.74 Å². The van der Waals surface area contributed by atoms with Gasteiger partial charge in [-0.3, -0.25) is 9.59 Å². The third kappa shape index (κ3) is 5.33. The highest BCUT2D eigenvalue weighted by molar-refractivity contribution is 7.89. The third-order valence-electron chi connectivity index (χ3n) is 5.50. The summed E-state index contributed by atoms with van der Waals surface area (Å²) in [5.74, 6) is -0.641. The van der Waals surface area contributed by atoms with E-state index in [1.807, 2.05) is 13.0 Å². The fourth-order valence-electron chi connectivity index (χ4n) is 3.53. The second-order valence-electron chi connectivity index (χ2n) is 7.84. The van der Waals surface area contributed by atoms with Crippen molar-refractivity contribution in [1.82, 2.24) is 4.31 Å². The lowest BCUT2D eigenvalue weighted by molar-refractivity contribution is 0.0730. The zero-order valence-corrected chi connectivity index (χ0v) is 19.5. The molecule has 34 heavy (non-hydrogen) atoms. The number of carbonyl (C=O) groups excluding carboxylic acids is 2. The van der Waals surface area contributed by atoms with Gasteiger partial charge in [0.05, 0.1) is 18.1 Å². The minimum Gasteiger partial charge on any atom is -0.379 e. The number of nitrogens with one attached hydrogen (secondary N) is 2. The van der Waals surface area contributed by atoms with Crippen LogP contribution >= 0.6 is 0 Å². The van der Waals surface area contributed by atoms with Crippen LogP contribution in [0.1, 0.15) is 26.3 Å². The third-order valence-corrected chi connectivity index (χ3v) is 7.42. The van der Waals surface area contributed by atoms with Crippen molar-refractivity contribution in [2.75, 3.05) is 36.9 Å². The van der Waals surface area contributed by atoms with Crippen LogP contribution in [0.4, 0.5) is 11.4 Å². The van der Waals surface area contributed by atoms with E-state index in [1.54, 1.807) is 54.6 Å². The minimum absolute atomic E-state index is 0.161. The van der Waals surface area contributed by atoms with Crippen LogP contribution in [0.15, 0.2) is 77.7 Å². The fraction of sp³-hybridized carbons (Fsp3) is 0.200. The Morgan fingerprint density at radius 3 is 2.15 bits per heavy atom. The van der Waals surface area contributed by atoms with Gasteiger partial charge in [0.25, 0.3) is 11.8 Å². The quantitative estimate of drug-likeness (QED) is 0.563. The summed E-state index contributed by atoms with van der Waals surface area (Å²) in [5.41, 5.74) is 2.69. The van der Waals surface area contributed by atoms with Gasteiger partial charge in [-0.25, -0.2) is 8.42 Å². The SMILES string of the molecule is Cc1ccc(C(=O)Nc2ccc(S(=O)(=O)N3CCOCC3)cc2)cc1NC(=O)c1ccccc1. The lowest BCUT2D eigenvalue weighted by Crippen LogP contribution is -2.40. The average Bonchev–Trinajstić information content (AvgIpc) is 2.86. The summed E-state index contributed by atoms with van der Waals surface area (Å²) in [4.78, 5) is 25.5. The molecule has 1 saturated heterocycles. The molecule has 3 aromatic rings. The molecule has 8 nitrogen and oxygen atoms in total. The number of ether oxygens (including phenoxy) is 1. The fourth-order valence-corrected chi connectivity index (χ4v) is 4.94. The normalized spacial score (nSPS) is 14.4. The number of sulfonamides is 1. The van der Waals surface area contributed by atoms with Gasteiger partial charge < -0.3 is 15.4 Å². The number of rotatable bonds is 6. The smallest absolute Gasteiger partial charge is 0.255 e. The van der Waals surface area contributed by atoms with Crippen LogP contribution in [0, 0.1) is 6.92 Å². The van der Waals surface area contributed by atoms with Crippen molar-refractivity contribution in [2.45, 2.75) is 11.8 Å². The average molecular weight is 480 g/mol. The molecule has 2 amide bonds. The van der Waals surface area contributed by atoms with E-state index in [0.29, 0.717) is 48.8 Å². The topological polar surface area (TPSA) is 105 Å². The number of anilines is 2. The molecule has 0 saturated carbocycles. The van der Waals surface area contributed by atoms with Gasteiger partial charge in [0, 0.05) is 35.6 Å². The van der Waals surface area contributed by atoms with Crippen molar-refractivity contribution in [3.63, 3.8) is 0 Å². The monoisotopic (exact) mass is 479 g/mol. The lowest BCUT2D eigenvalue weighted by Gasteiger charge is -2.26. The van der Waals surface area contributed by atoms with Gasteiger partial charge in [-0.2, -0.15) is 4.31 Å². The van der Waals surface area contributed by atoms with Crippen molar-refractivity contribution in [2.24, 2.45) is 0 Å². The van der Waals surface area contributed by atoms with Crippen molar-refractivity contribution in [3.8, 4) is 0 Å². The largest absolute Gasteiger partial charge is 0.379 e. The summed E-state index contributed by atoms with van der Waals surface area (Å²) < 4.78 is 32.1. The molecule has 0 bridgehead atoms. The van der Waals surface area contributed by atoms with Gasteiger partial charge >= 0.3 is 0 Å². The first-order valence-corrected chi connectivity index (χ1v) is 12.2. The Bertz CT molecular complexity index is 1290. The number of benzene rings is 3. The Morgan fingerprint density at radius 1 is 0.824 bits per heavy atom. The molecule has 1 fully saturated rings. The van der Waals surface area contributed by atoms with Crippen LogP contribution in [0.25, 0.3) is 0 Å². The molecule has 0 spiro atoms. The van der Waals surface area contributed by atoms with Crippen LogP contribution in [-0.4, -0.2) is 50.8 Å². The van der Waals surface area contributed by atoms with E-state index in [2.05, 4.69) is 10.6 Å². The molecule has 176 valence electrons. The molecule has 1 aliphatic rings. The molecule has 0 atom stereocenters. The van der Waals surface area contributed by atoms with Crippen LogP contribution in [0.5, 0.6) is 0 Å². The van der Waals surface area contributed by atoms with E-state index < -0.39 is 10.0 Å². The lowest BCUT2D eigenvalue weighted by atomic mass is 10.1. The molecule has 0 unspecified atom stereocenters. The van der Waals surface area contributed by atoms with Crippen LogP contribution in [0.2, 0.25) is 0 Å². The summed E-state index contributed by atoms with van der Waals surface area (Å²) in [7, 11) is -3.60. The highest BCUT2D eigenvalue weighted by Gasteiger charge is 2.26. The Labute approximate surface area is 198 Å². The van der Waals surface area contributed by atoms with E-state index >= 15 is 0 Å². The number of hydrogen-bond donors (Lipinski definition) is 2. The van der Waals surface area contributed by atoms with Gasteiger partial charge in [0.15, 0.2) is 0 Å². The standard InChI is InChI=1S/C25H25N3O5S/c1-18-7-8-20(17-23(18)27-24(29)19-5-3-2-4-6-19)25(30)26-21-9-11-22(12-10-21)34(31,32)28-13-15-33-16-14-28/h2-12,17H,13-16H2,1H3,(H,26,30)(H,27,29). The summed E-state index contributed by atoms with van der Waals surface area (Å²) in [6.07, 6.45) is 0. The summed E-state index contributed by atoms with van der Waals surface area (Å²) in [6, 6.07) is 19.9. The minimum atomic E-state index is -3.60. The highest BCUT2D eigenvalue weighted by Crippen LogP contribution is 2.22. The number of carbonyl (C=O) groups is 2. The van der Waals surface area contributed by atoms with Gasteiger partial charge in [0.2, 0.25) is 10.0 Å². The molecule has 1 heterocycles. The Hall–Kier alpha value is -3.53. The Kier molecular flexibility index (Phi) is 7.06. The molecule has 0 aliphatic carbocycles. The zero-order chi connectivity index (χ0) is 24.1. The molecule has 3 aromatic carbocycles. The summed E-state index contributed by atoms with van der Waals surface area (Å²) >= 11 is 0. The van der Waals surface area contributed by atoms with E-state index in [9.17, 15) is 18.0 Å². The van der Waals surface area contributed by atoms with Crippen LogP contribution in [-0.2, 0) is 14.8 Å². The molecular weight excluding hydrogens is 454 g/mol. The van der Waals surface area contributed by atoms with E-state index in [0.717, 1.165) is 5.56 Å². The number of amides is 2. The Morgan fingerprint density at radius 2 is 1.47 bits per heavy atom. The second-order valence-corrected chi connectivity index (χ2v) is 9.78. The molecule has 0 radical (unpaired) electrons. The van der Waals surface area contributed by atoms with Crippen molar-refractivity contribution in [1.29, 1.82) is 0 Å². The first-order chi connectivity index (χ1) is 16.3. The van der Waals surface area contributed by atoms with E-state index in [1.165, 1.54) is 16.4 Å². The first-order valence-electron chi connectivity index (χ1n) is 10.8. The van der Waals surface area contributed by atoms with Gasteiger partial charge in [-0.1, -0.05) is 24.3 Å². The van der Waals surface area contributed by atoms with Crippen molar-refractivity contribution in [3.05, 3.63) is 89.5 Å². The van der Waals surface area contributed by atoms with Gasteiger partial charge in [0.1, 0.15) is 0 Å². The maximum Gasteiger partial charge on any atom is 0.255 e. The molecular formula is C25H25N3O5S. The predicted octanol–water partition coefficient (Wildman–Crippen LogP) is 3.52. The molecule has 4 rings (SSSR count). The number of hydrogen-bond acceptors (Lipinski definition) is 5.